The molecule has 3 rings (SSSR count). The van der Waals surface area contributed by atoms with Gasteiger partial charge < -0.3 is 4.90 Å². The maximum Gasteiger partial charge on any atom is 0.275 e. The molecule has 1 spiro atoms. The average Bonchev–Trinajstić information content (AvgIpc) is 2.67. The van der Waals surface area contributed by atoms with E-state index >= 15 is 8.78 Å². The summed E-state index contributed by atoms with van der Waals surface area (Å²) < 4.78 is 30.1. The monoisotopic (exact) mass is 413 g/mol. The lowest BCUT2D eigenvalue weighted by molar-refractivity contribution is -0.148. The summed E-state index contributed by atoms with van der Waals surface area (Å²) >= 11 is 0. The van der Waals surface area contributed by atoms with Gasteiger partial charge in [0, 0.05) is 31.6 Å². The summed E-state index contributed by atoms with van der Waals surface area (Å²) in [6, 6.07) is -0.414. The molecule has 3 aliphatic rings. The van der Waals surface area contributed by atoms with Crippen molar-refractivity contribution in [2.45, 2.75) is 84.7 Å². The predicted octanol–water partition coefficient (Wildman–Crippen LogP) is 4.10. The topological polar surface area (TPSA) is 26.8 Å². The number of carbonyl (C=O) groups is 1. The Morgan fingerprint density at radius 2 is 1.45 bits per heavy atom. The first-order valence-electron chi connectivity index (χ1n) is 11.7. The lowest BCUT2D eigenvalue weighted by Gasteiger charge is -2.51. The number of hydrogen-bond donors (Lipinski definition) is 0. The quantitative estimate of drug-likeness (QED) is 0.694. The molecule has 0 saturated carbocycles. The van der Waals surface area contributed by atoms with Gasteiger partial charge in [0.05, 0.1) is 12.6 Å². The molecule has 0 radical (unpaired) electrons. The van der Waals surface area contributed by atoms with Gasteiger partial charge in [-0.15, -0.1) is 0 Å². The van der Waals surface area contributed by atoms with Gasteiger partial charge in [-0.05, 0) is 63.5 Å². The van der Waals surface area contributed by atoms with E-state index in [9.17, 15) is 4.79 Å². The number of alkyl halides is 2. The highest BCUT2D eigenvalue weighted by molar-refractivity contribution is 5.78. The first-order valence-corrected chi connectivity index (χ1v) is 11.7. The first kappa shape index (κ1) is 22.9. The molecule has 168 valence electrons. The van der Waals surface area contributed by atoms with Crippen LogP contribution < -0.4 is 0 Å². The van der Waals surface area contributed by atoms with Gasteiger partial charge in [0.15, 0.2) is 0 Å². The molecule has 3 heterocycles. The third-order valence-corrected chi connectivity index (χ3v) is 8.06. The van der Waals surface area contributed by atoms with E-state index in [2.05, 4.69) is 25.7 Å². The minimum Gasteiger partial charge on any atom is -0.342 e. The molecular weight excluding hydrogens is 372 g/mol. The van der Waals surface area contributed by atoms with Gasteiger partial charge in [0.25, 0.3) is 5.92 Å². The Morgan fingerprint density at radius 3 is 1.93 bits per heavy atom. The minimum atomic E-state index is -2.64. The van der Waals surface area contributed by atoms with Crippen molar-refractivity contribution >= 4 is 5.91 Å². The highest BCUT2D eigenvalue weighted by Crippen LogP contribution is 2.44. The van der Waals surface area contributed by atoms with Crippen LogP contribution in [0.15, 0.2) is 0 Å². The molecule has 3 aliphatic heterocycles. The van der Waals surface area contributed by atoms with Gasteiger partial charge in [-0.25, -0.2) is 8.78 Å². The highest BCUT2D eigenvalue weighted by atomic mass is 19.3. The minimum absolute atomic E-state index is 0.0532. The van der Waals surface area contributed by atoms with Crippen molar-refractivity contribution in [3.05, 3.63) is 0 Å². The molecule has 6 heteroatoms. The zero-order valence-corrected chi connectivity index (χ0v) is 19.1. The van der Waals surface area contributed by atoms with E-state index in [4.69, 9.17) is 0 Å². The molecule has 29 heavy (non-hydrogen) atoms. The molecule has 3 fully saturated rings. The number of halogens is 2. The molecule has 0 aromatic rings. The molecule has 3 saturated heterocycles. The first-order chi connectivity index (χ1) is 13.5. The molecule has 0 bridgehead atoms. The second-order valence-electron chi connectivity index (χ2n) is 10.5. The maximum atomic E-state index is 15.0. The van der Waals surface area contributed by atoms with Crippen molar-refractivity contribution in [2.24, 2.45) is 17.3 Å². The summed E-state index contributed by atoms with van der Waals surface area (Å²) in [6.07, 6.45) is 4.61. The average molecular weight is 414 g/mol. The number of carbonyl (C=O) groups excluding carboxylic acids is 1. The summed E-state index contributed by atoms with van der Waals surface area (Å²) in [5.74, 6) is -1.94. The number of piperidine rings is 3. The second-order valence-corrected chi connectivity index (χ2v) is 10.5. The normalized spacial score (nSPS) is 29.6. The molecule has 0 aromatic heterocycles. The van der Waals surface area contributed by atoms with Gasteiger partial charge in [-0.1, -0.05) is 27.7 Å². The van der Waals surface area contributed by atoms with Gasteiger partial charge in [-0.2, -0.15) is 0 Å². The highest BCUT2D eigenvalue weighted by Gasteiger charge is 2.50. The van der Waals surface area contributed by atoms with Crippen LogP contribution in [0, 0.1) is 17.3 Å². The van der Waals surface area contributed by atoms with Crippen molar-refractivity contribution < 1.29 is 13.6 Å². The van der Waals surface area contributed by atoms with Crippen molar-refractivity contribution in [1.82, 2.24) is 14.7 Å². The fourth-order valence-electron chi connectivity index (χ4n) is 5.55. The van der Waals surface area contributed by atoms with Crippen LogP contribution in [0.4, 0.5) is 8.78 Å². The standard InChI is InChI=1S/C23H41F2N3O/c1-17(2)19(5)28-11-6-20(23(24,25)16-28)26-12-7-22(8-13-26)9-14-27(15-10-22)21(29)18(3)4/h17-20H,6-16H2,1-5H3/t19-,20-/m0/s1. The van der Waals surface area contributed by atoms with Crippen LogP contribution in [0.2, 0.25) is 0 Å². The number of nitrogens with zero attached hydrogens (tertiary/aromatic N) is 3. The Balaban J connectivity index is 1.53. The largest absolute Gasteiger partial charge is 0.342 e. The van der Waals surface area contributed by atoms with E-state index in [0.29, 0.717) is 12.3 Å². The lowest BCUT2D eigenvalue weighted by Crippen LogP contribution is -2.62. The van der Waals surface area contributed by atoms with Crippen LogP contribution in [0.5, 0.6) is 0 Å². The summed E-state index contributed by atoms with van der Waals surface area (Å²) in [6.45, 7) is 14.1. The van der Waals surface area contributed by atoms with Crippen LogP contribution in [-0.2, 0) is 4.79 Å². The summed E-state index contributed by atoms with van der Waals surface area (Å²) in [5.41, 5.74) is 0.256. The van der Waals surface area contributed by atoms with Crippen LogP contribution in [0.25, 0.3) is 0 Å². The summed E-state index contributed by atoms with van der Waals surface area (Å²) in [4.78, 5) is 18.3. The van der Waals surface area contributed by atoms with Gasteiger partial charge in [0.1, 0.15) is 0 Å². The Kier molecular flexibility index (Phi) is 6.94. The maximum absolute atomic E-state index is 15.0. The molecule has 0 unspecified atom stereocenters. The fourth-order valence-corrected chi connectivity index (χ4v) is 5.55. The lowest BCUT2D eigenvalue weighted by atomic mass is 9.70. The molecule has 0 aromatic carbocycles. The molecule has 1 amide bonds. The van der Waals surface area contributed by atoms with E-state index in [1.807, 2.05) is 23.6 Å². The van der Waals surface area contributed by atoms with E-state index in [0.717, 1.165) is 58.4 Å². The molecule has 4 nitrogen and oxygen atoms in total. The van der Waals surface area contributed by atoms with Crippen molar-refractivity contribution in [1.29, 1.82) is 0 Å². The zero-order chi connectivity index (χ0) is 21.4. The summed E-state index contributed by atoms with van der Waals surface area (Å²) in [5, 5.41) is 0. The molecule has 0 N–H and O–H groups in total. The van der Waals surface area contributed by atoms with E-state index in [-0.39, 0.29) is 29.8 Å². The van der Waals surface area contributed by atoms with E-state index in [1.54, 1.807) is 0 Å². The third-order valence-electron chi connectivity index (χ3n) is 8.06. The second kappa shape index (κ2) is 8.78. The Morgan fingerprint density at radius 1 is 0.897 bits per heavy atom. The van der Waals surface area contributed by atoms with Gasteiger partial charge in [0.2, 0.25) is 5.91 Å². The van der Waals surface area contributed by atoms with Gasteiger partial charge in [-0.3, -0.25) is 14.6 Å². The van der Waals surface area contributed by atoms with Crippen molar-refractivity contribution in [3.63, 3.8) is 0 Å². The number of hydrogen-bond acceptors (Lipinski definition) is 3. The molecule has 0 aliphatic carbocycles. The third kappa shape index (κ3) is 4.95. The Bertz CT molecular complexity index is 562. The van der Waals surface area contributed by atoms with Crippen molar-refractivity contribution in [3.8, 4) is 0 Å². The molecule has 2 atom stereocenters. The van der Waals surface area contributed by atoms with E-state index < -0.39 is 12.0 Å². The van der Waals surface area contributed by atoms with Gasteiger partial charge >= 0.3 is 0 Å². The molecular formula is C23H41F2N3O. The smallest absolute Gasteiger partial charge is 0.275 e. The van der Waals surface area contributed by atoms with Crippen LogP contribution >= 0.6 is 0 Å². The number of amides is 1. The Hall–Kier alpha value is -0.750. The number of rotatable bonds is 4. The fraction of sp³-hybridized carbons (Fsp3) is 0.957. The zero-order valence-electron chi connectivity index (χ0n) is 19.1. The Labute approximate surface area is 176 Å². The van der Waals surface area contributed by atoms with Crippen LogP contribution in [0.1, 0.15) is 66.7 Å². The summed E-state index contributed by atoms with van der Waals surface area (Å²) in [7, 11) is 0. The predicted molar refractivity (Wildman–Crippen MR) is 113 cm³/mol. The number of likely N-dealkylation sites (tertiary alicyclic amines) is 3. The van der Waals surface area contributed by atoms with E-state index in [1.165, 1.54) is 0 Å². The van der Waals surface area contributed by atoms with Crippen LogP contribution in [-0.4, -0.2) is 77.9 Å². The van der Waals surface area contributed by atoms with Crippen molar-refractivity contribution in [2.75, 3.05) is 39.3 Å². The SMILES string of the molecule is CC(C)C(=O)N1CCC2(CC1)CCN([C@H]1CCN([C@@H](C)C(C)C)CC1(F)F)CC2. The van der Waals surface area contributed by atoms with Crippen LogP contribution in [0.3, 0.4) is 0 Å².